The van der Waals surface area contributed by atoms with Gasteiger partial charge in [-0.05, 0) is 55.0 Å². The largest absolute Gasteiger partial charge is 0.497 e. The molecule has 0 bridgehead atoms. The predicted octanol–water partition coefficient (Wildman–Crippen LogP) is 4.26. The van der Waals surface area contributed by atoms with Crippen molar-refractivity contribution in [2.45, 2.75) is 13.5 Å². The molecule has 0 saturated heterocycles. The lowest BCUT2D eigenvalue weighted by atomic mass is 10.0. The van der Waals surface area contributed by atoms with Crippen molar-refractivity contribution < 1.29 is 9.53 Å². The fourth-order valence-electron chi connectivity index (χ4n) is 3.22. The zero-order valence-electron chi connectivity index (χ0n) is 17.7. The first-order valence-electron chi connectivity index (χ1n) is 10.0. The lowest BCUT2D eigenvalue weighted by Gasteiger charge is -2.10. The van der Waals surface area contributed by atoms with Gasteiger partial charge in [0.15, 0.2) is 0 Å². The highest BCUT2D eigenvalue weighted by molar-refractivity contribution is 6.00. The molecule has 0 fully saturated rings. The highest BCUT2D eigenvalue weighted by Gasteiger charge is 2.15. The Labute approximate surface area is 185 Å². The van der Waals surface area contributed by atoms with Crippen LogP contribution in [0.1, 0.15) is 6.92 Å². The van der Waals surface area contributed by atoms with Crippen LogP contribution in [0.2, 0.25) is 0 Å². The Balaban J connectivity index is 1.57. The highest BCUT2D eigenvalue weighted by atomic mass is 16.5. The summed E-state index contributed by atoms with van der Waals surface area (Å²) in [4.78, 5) is 20.7. The van der Waals surface area contributed by atoms with Crippen LogP contribution >= 0.6 is 0 Å². The molecule has 0 atom stereocenters. The van der Waals surface area contributed by atoms with Crippen molar-refractivity contribution >= 4 is 23.4 Å². The van der Waals surface area contributed by atoms with Gasteiger partial charge in [-0.3, -0.25) is 4.68 Å². The first-order chi connectivity index (χ1) is 15.6. The number of ether oxygens (including phenoxy) is 1. The standard InChI is InChI=1S/C23H23N7O2/c1-3-30-14-19(21(29-30)20-11-12-25-22(24)28-20)15-5-4-6-17(13-15)27-23(31)26-16-7-9-18(32-2)10-8-16/h4-14H,3H2,1-2H3,(H2,24,25,28)(H2,26,27,31). The molecule has 0 aliphatic heterocycles. The molecule has 0 aliphatic rings. The SMILES string of the molecule is CCn1cc(-c2cccc(NC(=O)Nc3ccc(OC)cc3)c2)c(-c2ccnc(N)n2)n1. The van der Waals surface area contributed by atoms with Gasteiger partial charge >= 0.3 is 6.03 Å². The number of rotatable bonds is 6. The van der Waals surface area contributed by atoms with Crippen molar-refractivity contribution in [2.75, 3.05) is 23.5 Å². The molecule has 2 heterocycles. The second-order valence-corrected chi connectivity index (χ2v) is 6.94. The molecule has 9 heteroatoms. The summed E-state index contributed by atoms with van der Waals surface area (Å²) in [7, 11) is 1.59. The summed E-state index contributed by atoms with van der Waals surface area (Å²) in [5.74, 6) is 0.905. The van der Waals surface area contributed by atoms with Gasteiger partial charge in [0.05, 0.1) is 12.8 Å². The second kappa shape index (κ2) is 9.17. The van der Waals surface area contributed by atoms with Gasteiger partial charge in [0.25, 0.3) is 0 Å². The monoisotopic (exact) mass is 429 g/mol. The normalized spacial score (nSPS) is 10.6. The van der Waals surface area contributed by atoms with Crippen molar-refractivity contribution in [3.05, 3.63) is 67.0 Å². The molecule has 9 nitrogen and oxygen atoms in total. The van der Waals surface area contributed by atoms with Crippen molar-refractivity contribution in [1.82, 2.24) is 19.7 Å². The highest BCUT2D eigenvalue weighted by Crippen LogP contribution is 2.31. The molecule has 0 unspecified atom stereocenters. The number of benzene rings is 2. The van der Waals surface area contributed by atoms with E-state index in [9.17, 15) is 4.79 Å². The van der Waals surface area contributed by atoms with Crippen LogP contribution < -0.4 is 21.1 Å². The number of amides is 2. The van der Waals surface area contributed by atoms with Crippen molar-refractivity contribution in [2.24, 2.45) is 0 Å². The minimum atomic E-state index is -0.347. The Morgan fingerprint density at radius 2 is 1.88 bits per heavy atom. The number of nitrogens with one attached hydrogen (secondary N) is 2. The number of aromatic nitrogens is 4. The Morgan fingerprint density at radius 3 is 2.59 bits per heavy atom. The third-order valence-electron chi connectivity index (χ3n) is 4.78. The molecule has 0 spiro atoms. The van der Waals surface area contributed by atoms with Crippen LogP contribution in [-0.4, -0.2) is 32.9 Å². The number of nitrogens with two attached hydrogens (primary N) is 1. The fourth-order valence-corrected chi connectivity index (χ4v) is 3.22. The maximum atomic E-state index is 12.5. The van der Waals surface area contributed by atoms with Gasteiger partial charge in [0.1, 0.15) is 11.4 Å². The first-order valence-corrected chi connectivity index (χ1v) is 10.0. The summed E-state index contributed by atoms with van der Waals surface area (Å²) < 4.78 is 6.97. The van der Waals surface area contributed by atoms with Crippen molar-refractivity contribution in [1.29, 1.82) is 0 Å². The second-order valence-electron chi connectivity index (χ2n) is 6.94. The summed E-state index contributed by atoms with van der Waals surface area (Å²) in [5, 5.41) is 10.3. The minimum absolute atomic E-state index is 0.185. The topological polar surface area (TPSA) is 120 Å². The molecule has 162 valence electrons. The zero-order chi connectivity index (χ0) is 22.5. The summed E-state index contributed by atoms with van der Waals surface area (Å²) in [6, 6.07) is 16.1. The third-order valence-corrected chi connectivity index (χ3v) is 4.78. The zero-order valence-corrected chi connectivity index (χ0v) is 17.7. The van der Waals surface area contributed by atoms with E-state index in [-0.39, 0.29) is 12.0 Å². The number of hydrogen-bond donors (Lipinski definition) is 3. The Hall–Kier alpha value is -4.40. The van der Waals surface area contributed by atoms with E-state index in [1.165, 1.54) is 0 Å². The Bertz CT molecular complexity index is 1240. The van der Waals surface area contributed by atoms with E-state index in [0.717, 1.165) is 16.9 Å². The molecule has 0 radical (unpaired) electrons. The molecule has 2 aromatic carbocycles. The molecule has 0 saturated carbocycles. The average molecular weight is 429 g/mol. The van der Waals surface area contributed by atoms with E-state index in [0.29, 0.717) is 29.3 Å². The van der Waals surface area contributed by atoms with Crippen molar-refractivity contribution in [3.8, 4) is 28.3 Å². The maximum absolute atomic E-state index is 12.5. The van der Waals surface area contributed by atoms with Crippen LogP contribution in [0.15, 0.2) is 67.0 Å². The number of methoxy groups -OCH3 is 1. The maximum Gasteiger partial charge on any atom is 0.323 e. The Kier molecular flexibility index (Phi) is 5.98. The quantitative estimate of drug-likeness (QED) is 0.421. The number of carbonyl (C=O) groups is 1. The summed E-state index contributed by atoms with van der Waals surface area (Å²) in [6.45, 7) is 2.71. The predicted molar refractivity (Wildman–Crippen MR) is 124 cm³/mol. The summed E-state index contributed by atoms with van der Waals surface area (Å²) >= 11 is 0. The van der Waals surface area contributed by atoms with Crippen LogP contribution in [0, 0.1) is 0 Å². The lowest BCUT2D eigenvalue weighted by molar-refractivity contribution is 0.262. The molecule has 32 heavy (non-hydrogen) atoms. The van der Waals surface area contributed by atoms with Gasteiger partial charge in [-0.1, -0.05) is 12.1 Å². The number of urea groups is 1. The Morgan fingerprint density at radius 1 is 1.09 bits per heavy atom. The molecule has 4 rings (SSSR count). The van der Waals surface area contributed by atoms with Gasteiger partial charge in [-0.2, -0.15) is 5.10 Å². The number of nitrogen functional groups attached to an aromatic ring is 1. The molecule has 2 aromatic heterocycles. The van der Waals surface area contributed by atoms with Crippen LogP contribution in [-0.2, 0) is 6.54 Å². The molecule has 4 aromatic rings. The smallest absolute Gasteiger partial charge is 0.323 e. The van der Waals surface area contributed by atoms with E-state index in [2.05, 4.69) is 25.7 Å². The number of carbonyl (C=O) groups excluding carboxylic acids is 1. The van der Waals surface area contributed by atoms with Crippen LogP contribution in [0.3, 0.4) is 0 Å². The third kappa shape index (κ3) is 4.67. The van der Waals surface area contributed by atoms with Gasteiger partial charge in [0, 0.05) is 35.9 Å². The molecular formula is C23H23N7O2. The minimum Gasteiger partial charge on any atom is -0.497 e. The molecule has 4 N–H and O–H groups in total. The van der Waals surface area contributed by atoms with E-state index in [1.807, 2.05) is 42.1 Å². The van der Waals surface area contributed by atoms with Gasteiger partial charge in [-0.15, -0.1) is 0 Å². The van der Waals surface area contributed by atoms with Gasteiger partial charge in [-0.25, -0.2) is 14.8 Å². The number of hydrogen-bond acceptors (Lipinski definition) is 6. The molecule has 2 amide bonds. The van der Waals surface area contributed by atoms with Crippen molar-refractivity contribution in [3.63, 3.8) is 0 Å². The number of nitrogens with zero attached hydrogens (tertiary/aromatic N) is 4. The fraction of sp³-hybridized carbons (Fsp3) is 0.130. The van der Waals surface area contributed by atoms with E-state index in [1.54, 1.807) is 43.6 Å². The molecule has 0 aliphatic carbocycles. The summed E-state index contributed by atoms with van der Waals surface area (Å²) in [6.07, 6.45) is 3.55. The van der Waals surface area contributed by atoms with Gasteiger partial charge in [0.2, 0.25) is 5.95 Å². The van der Waals surface area contributed by atoms with Crippen LogP contribution in [0.5, 0.6) is 5.75 Å². The lowest BCUT2D eigenvalue weighted by Crippen LogP contribution is -2.19. The van der Waals surface area contributed by atoms with Crippen LogP contribution in [0.25, 0.3) is 22.5 Å². The number of aryl methyl sites for hydroxylation is 1. The number of anilines is 3. The van der Waals surface area contributed by atoms with Gasteiger partial charge < -0.3 is 21.1 Å². The van der Waals surface area contributed by atoms with E-state index >= 15 is 0 Å². The first kappa shape index (κ1) is 20.9. The summed E-state index contributed by atoms with van der Waals surface area (Å²) in [5.41, 5.74) is 10.2. The average Bonchev–Trinajstić information content (AvgIpc) is 3.24. The van der Waals surface area contributed by atoms with E-state index in [4.69, 9.17) is 10.5 Å². The molecular weight excluding hydrogens is 406 g/mol. The van der Waals surface area contributed by atoms with Crippen LogP contribution in [0.4, 0.5) is 22.1 Å². The van der Waals surface area contributed by atoms with E-state index < -0.39 is 0 Å².